The maximum atomic E-state index is 11.7. The Balaban J connectivity index is 2.75. The fourth-order valence-corrected chi connectivity index (χ4v) is 1.65. The first-order valence-electron chi connectivity index (χ1n) is 4.34. The molecule has 0 fully saturated rings. The van der Waals surface area contributed by atoms with Crippen molar-refractivity contribution in [3.05, 3.63) is 29.3 Å². The minimum Gasteiger partial charge on any atom is -0.305 e. The van der Waals surface area contributed by atoms with Crippen molar-refractivity contribution < 1.29 is 4.21 Å². The van der Waals surface area contributed by atoms with Crippen molar-refractivity contribution >= 4 is 28.3 Å². The van der Waals surface area contributed by atoms with Crippen LogP contribution in [0.25, 0.3) is 0 Å². The quantitative estimate of drug-likeness (QED) is 0.832. The summed E-state index contributed by atoms with van der Waals surface area (Å²) in [6, 6.07) is 7.21. The topological polar surface area (TPSA) is 29.1 Å². The summed E-state index contributed by atoms with van der Waals surface area (Å²) in [5.41, 5.74) is 0.783. The van der Waals surface area contributed by atoms with E-state index in [-0.39, 0.29) is 4.75 Å². The lowest BCUT2D eigenvalue weighted by Gasteiger charge is -2.18. The molecule has 0 aromatic heterocycles. The van der Waals surface area contributed by atoms with Crippen LogP contribution in [0.5, 0.6) is 0 Å². The molecule has 1 aromatic rings. The summed E-state index contributed by atoms with van der Waals surface area (Å²) in [4.78, 5) is 0. The predicted octanol–water partition coefficient (Wildman–Crippen LogP) is 3.21. The number of benzene rings is 1. The molecule has 4 heteroatoms. The van der Waals surface area contributed by atoms with Gasteiger partial charge in [0.2, 0.25) is 0 Å². The molecule has 1 aromatic carbocycles. The van der Waals surface area contributed by atoms with E-state index in [0.717, 1.165) is 5.69 Å². The van der Waals surface area contributed by atoms with Crippen molar-refractivity contribution in [3.63, 3.8) is 0 Å². The molecule has 0 saturated carbocycles. The van der Waals surface area contributed by atoms with Crippen LogP contribution in [0.2, 0.25) is 5.02 Å². The molecular formula is C10H14ClNOS. The fourth-order valence-electron chi connectivity index (χ4n) is 0.812. The molecule has 78 valence electrons. The van der Waals surface area contributed by atoms with Gasteiger partial charge in [-0.1, -0.05) is 17.7 Å². The minimum absolute atomic E-state index is 0.275. The first-order valence-corrected chi connectivity index (χ1v) is 5.86. The third-order valence-electron chi connectivity index (χ3n) is 1.59. The Labute approximate surface area is 92.3 Å². The minimum atomic E-state index is -1.11. The number of halogens is 1. The molecule has 0 aliphatic heterocycles. The van der Waals surface area contributed by atoms with Crippen LogP contribution in [0.15, 0.2) is 24.3 Å². The van der Waals surface area contributed by atoms with Crippen LogP contribution in [0.4, 0.5) is 5.69 Å². The lowest BCUT2D eigenvalue weighted by atomic mass is 10.3. The summed E-state index contributed by atoms with van der Waals surface area (Å²) in [5, 5.41) is 0.640. The summed E-state index contributed by atoms with van der Waals surface area (Å²) in [6.45, 7) is 5.75. The lowest BCUT2D eigenvalue weighted by Crippen LogP contribution is -2.27. The van der Waals surface area contributed by atoms with E-state index in [9.17, 15) is 4.21 Å². The molecule has 1 atom stereocenters. The van der Waals surface area contributed by atoms with Crippen LogP contribution in [0.3, 0.4) is 0 Å². The summed E-state index contributed by atoms with van der Waals surface area (Å²) < 4.78 is 14.3. The second kappa shape index (κ2) is 4.32. The summed E-state index contributed by atoms with van der Waals surface area (Å²) in [6.07, 6.45) is 0. The molecule has 0 aliphatic carbocycles. The fraction of sp³-hybridized carbons (Fsp3) is 0.400. The summed E-state index contributed by atoms with van der Waals surface area (Å²) in [5.74, 6) is 0. The molecule has 2 nitrogen and oxygen atoms in total. The standard InChI is InChI=1S/C10H14ClNOS/c1-10(2,3)14(13)12-9-6-4-5-8(11)7-9/h4-7,12H,1-3H3/t14-/m0/s1. The van der Waals surface area contributed by atoms with Gasteiger partial charge in [0, 0.05) is 10.7 Å². The Morgan fingerprint density at radius 3 is 2.50 bits per heavy atom. The van der Waals surface area contributed by atoms with E-state index < -0.39 is 11.0 Å². The van der Waals surface area contributed by atoms with Gasteiger partial charge in [-0.3, -0.25) is 0 Å². The zero-order valence-corrected chi connectivity index (χ0v) is 10.1. The molecule has 0 unspecified atom stereocenters. The average Bonchev–Trinajstić information content (AvgIpc) is 2.02. The maximum absolute atomic E-state index is 11.7. The van der Waals surface area contributed by atoms with E-state index in [0.29, 0.717) is 5.02 Å². The SMILES string of the molecule is CC(C)(C)[S@](=O)Nc1cccc(Cl)c1. The van der Waals surface area contributed by atoms with Crippen LogP contribution in [0, 0.1) is 0 Å². The molecule has 0 bridgehead atoms. The van der Waals surface area contributed by atoms with Gasteiger partial charge in [0.15, 0.2) is 0 Å². The monoisotopic (exact) mass is 231 g/mol. The molecule has 1 N–H and O–H groups in total. The smallest absolute Gasteiger partial charge is 0.122 e. The number of rotatable bonds is 2. The Morgan fingerprint density at radius 1 is 1.36 bits per heavy atom. The van der Waals surface area contributed by atoms with E-state index in [4.69, 9.17) is 11.6 Å². The first kappa shape index (κ1) is 11.5. The summed E-state index contributed by atoms with van der Waals surface area (Å²) in [7, 11) is -1.11. The van der Waals surface area contributed by atoms with Crippen LogP contribution in [-0.4, -0.2) is 8.96 Å². The van der Waals surface area contributed by atoms with Gasteiger partial charge in [-0.15, -0.1) is 0 Å². The Hall–Kier alpha value is -0.540. The predicted molar refractivity (Wildman–Crippen MR) is 63.0 cm³/mol. The first-order chi connectivity index (χ1) is 6.39. The average molecular weight is 232 g/mol. The van der Waals surface area contributed by atoms with Crippen molar-refractivity contribution in [2.24, 2.45) is 0 Å². The third kappa shape index (κ3) is 3.31. The van der Waals surface area contributed by atoms with Crippen molar-refractivity contribution in [3.8, 4) is 0 Å². The highest BCUT2D eigenvalue weighted by atomic mass is 35.5. The number of hydrogen-bond donors (Lipinski definition) is 1. The molecule has 1 rings (SSSR count). The van der Waals surface area contributed by atoms with Crippen molar-refractivity contribution in [2.75, 3.05) is 4.72 Å². The molecule has 14 heavy (non-hydrogen) atoms. The zero-order chi connectivity index (χ0) is 10.8. The van der Waals surface area contributed by atoms with E-state index in [1.54, 1.807) is 12.1 Å². The van der Waals surface area contributed by atoms with E-state index in [1.165, 1.54) is 0 Å². The van der Waals surface area contributed by atoms with E-state index >= 15 is 0 Å². The Morgan fingerprint density at radius 2 is 2.00 bits per heavy atom. The van der Waals surface area contributed by atoms with Crippen LogP contribution in [0.1, 0.15) is 20.8 Å². The Kier molecular flexibility index (Phi) is 3.56. The number of nitrogens with one attached hydrogen (secondary N) is 1. The highest BCUT2D eigenvalue weighted by Crippen LogP contribution is 2.18. The van der Waals surface area contributed by atoms with Gasteiger partial charge in [0.25, 0.3) is 0 Å². The zero-order valence-electron chi connectivity index (χ0n) is 8.50. The molecule has 0 spiro atoms. The molecule has 0 heterocycles. The van der Waals surface area contributed by atoms with Crippen molar-refractivity contribution in [1.29, 1.82) is 0 Å². The van der Waals surface area contributed by atoms with Crippen molar-refractivity contribution in [1.82, 2.24) is 0 Å². The van der Waals surface area contributed by atoms with Crippen LogP contribution in [-0.2, 0) is 11.0 Å². The van der Waals surface area contributed by atoms with Gasteiger partial charge in [0.05, 0.1) is 4.75 Å². The maximum Gasteiger partial charge on any atom is 0.122 e. The van der Waals surface area contributed by atoms with Gasteiger partial charge in [-0.05, 0) is 39.0 Å². The molecule has 0 saturated heterocycles. The van der Waals surface area contributed by atoms with Gasteiger partial charge >= 0.3 is 0 Å². The molecular weight excluding hydrogens is 218 g/mol. The highest BCUT2D eigenvalue weighted by molar-refractivity contribution is 7.87. The Bertz CT molecular complexity index is 346. The van der Waals surface area contributed by atoms with E-state index in [1.807, 2.05) is 32.9 Å². The number of anilines is 1. The normalized spacial score (nSPS) is 13.7. The van der Waals surface area contributed by atoms with Crippen LogP contribution >= 0.6 is 11.6 Å². The molecule has 0 aliphatic rings. The van der Waals surface area contributed by atoms with Gasteiger partial charge < -0.3 is 4.72 Å². The summed E-state index contributed by atoms with van der Waals surface area (Å²) >= 11 is 5.80. The second-order valence-corrected chi connectivity index (χ2v) is 6.40. The lowest BCUT2D eigenvalue weighted by molar-refractivity contribution is 0.653. The van der Waals surface area contributed by atoms with E-state index in [2.05, 4.69) is 4.72 Å². The van der Waals surface area contributed by atoms with Crippen molar-refractivity contribution in [2.45, 2.75) is 25.5 Å². The largest absolute Gasteiger partial charge is 0.305 e. The second-order valence-electron chi connectivity index (χ2n) is 3.99. The highest BCUT2D eigenvalue weighted by Gasteiger charge is 2.19. The van der Waals surface area contributed by atoms with Crippen LogP contribution < -0.4 is 4.72 Å². The molecule has 0 radical (unpaired) electrons. The van der Waals surface area contributed by atoms with Gasteiger partial charge in [-0.2, -0.15) is 0 Å². The van der Waals surface area contributed by atoms with Gasteiger partial charge in [-0.25, -0.2) is 4.21 Å². The number of hydrogen-bond acceptors (Lipinski definition) is 1. The molecule has 0 amide bonds. The van der Waals surface area contributed by atoms with Gasteiger partial charge in [0.1, 0.15) is 11.0 Å². The third-order valence-corrected chi connectivity index (χ3v) is 3.36.